The molecule has 0 saturated carbocycles. The fraction of sp³-hybridized carbons (Fsp3) is 0.833. The molecule has 102 valence electrons. The van der Waals surface area contributed by atoms with Gasteiger partial charge in [0.05, 0.1) is 19.1 Å². The Kier molecular flexibility index (Phi) is 4.54. The second-order valence-corrected chi connectivity index (χ2v) is 4.66. The molecular formula is C12H18O6. The molecule has 6 nitrogen and oxygen atoms in total. The van der Waals surface area contributed by atoms with Crippen LogP contribution in [0.25, 0.3) is 0 Å². The predicted molar refractivity (Wildman–Crippen MR) is 59.8 cm³/mol. The number of carbonyl (C=O) groups is 2. The van der Waals surface area contributed by atoms with Crippen LogP contribution in [0.4, 0.5) is 0 Å². The summed E-state index contributed by atoms with van der Waals surface area (Å²) in [5.41, 5.74) is 0. The quantitative estimate of drug-likeness (QED) is 0.460. The van der Waals surface area contributed by atoms with Crippen LogP contribution in [0.5, 0.6) is 0 Å². The Morgan fingerprint density at radius 3 is 2.28 bits per heavy atom. The van der Waals surface area contributed by atoms with Gasteiger partial charge in [0.2, 0.25) is 0 Å². The molecule has 2 rings (SSSR count). The van der Waals surface area contributed by atoms with E-state index in [2.05, 4.69) is 0 Å². The molecule has 0 aliphatic carbocycles. The van der Waals surface area contributed by atoms with Gasteiger partial charge >= 0.3 is 11.9 Å². The number of esters is 2. The van der Waals surface area contributed by atoms with E-state index in [1.807, 2.05) is 0 Å². The van der Waals surface area contributed by atoms with Crippen molar-refractivity contribution in [3.63, 3.8) is 0 Å². The highest BCUT2D eigenvalue weighted by molar-refractivity contribution is 5.74. The van der Waals surface area contributed by atoms with Crippen molar-refractivity contribution in [3.05, 3.63) is 0 Å². The molecule has 2 saturated heterocycles. The molecule has 2 fully saturated rings. The maximum atomic E-state index is 11.5. The van der Waals surface area contributed by atoms with Crippen molar-refractivity contribution in [1.82, 2.24) is 0 Å². The van der Waals surface area contributed by atoms with Crippen molar-refractivity contribution in [2.75, 3.05) is 26.4 Å². The third-order valence-corrected chi connectivity index (χ3v) is 2.83. The van der Waals surface area contributed by atoms with Gasteiger partial charge in [0.25, 0.3) is 0 Å². The minimum Gasteiger partial charge on any atom is -0.463 e. The first-order valence-corrected chi connectivity index (χ1v) is 6.20. The van der Waals surface area contributed by atoms with Crippen molar-refractivity contribution < 1.29 is 28.5 Å². The van der Waals surface area contributed by atoms with Gasteiger partial charge < -0.3 is 18.9 Å². The number of hydrogen-bond acceptors (Lipinski definition) is 6. The number of carbonyl (C=O) groups excluding carboxylic acids is 2. The average Bonchev–Trinajstić information content (AvgIpc) is 3.24. The molecule has 0 aromatic rings. The van der Waals surface area contributed by atoms with Crippen molar-refractivity contribution in [2.45, 2.75) is 32.0 Å². The van der Waals surface area contributed by atoms with Gasteiger partial charge in [0.15, 0.2) is 0 Å². The molecule has 0 bridgehead atoms. The van der Waals surface area contributed by atoms with Crippen molar-refractivity contribution >= 4 is 11.9 Å². The molecule has 0 spiro atoms. The van der Waals surface area contributed by atoms with Gasteiger partial charge in [-0.15, -0.1) is 0 Å². The monoisotopic (exact) mass is 258 g/mol. The predicted octanol–water partition coefficient (Wildman–Crippen LogP) is 0.287. The normalized spacial score (nSPS) is 26.3. The Bertz CT molecular complexity index is 308. The average molecular weight is 258 g/mol. The molecule has 2 heterocycles. The summed E-state index contributed by atoms with van der Waals surface area (Å²) in [6.45, 7) is 3.70. The van der Waals surface area contributed by atoms with Gasteiger partial charge in [-0.25, -0.2) is 0 Å². The number of epoxide rings is 2. The molecule has 2 aliphatic heterocycles. The van der Waals surface area contributed by atoms with Gasteiger partial charge in [-0.2, -0.15) is 0 Å². The Morgan fingerprint density at radius 1 is 1.17 bits per heavy atom. The van der Waals surface area contributed by atoms with Crippen LogP contribution in [-0.4, -0.2) is 50.6 Å². The van der Waals surface area contributed by atoms with Gasteiger partial charge in [0.1, 0.15) is 25.4 Å². The highest BCUT2D eigenvalue weighted by atomic mass is 16.6. The number of rotatable bonds is 8. The van der Waals surface area contributed by atoms with E-state index < -0.39 is 0 Å². The lowest BCUT2D eigenvalue weighted by molar-refractivity contribution is -0.149. The second kappa shape index (κ2) is 6.15. The topological polar surface area (TPSA) is 77.7 Å². The van der Waals surface area contributed by atoms with E-state index >= 15 is 0 Å². The highest BCUT2D eigenvalue weighted by Crippen LogP contribution is 2.14. The molecule has 0 radical (unpaired) electrons. The minimum atomic E-state index is -0.298. The molecule has 0 amide bonds. The summed E-state index contributed by atoms with van der Waals surface area (Å²) in [5, 5.41) is 0. The van der Waals surface area contributed by atoms with E-state index in [0.717, 1.165) is 0 Å². The van der Waals surface area contributed by atoms with Gasteiger partial charge in [0, 0.05) is 6.42 Å². The van der Waals surface area contributed by atoms with Crippen LogP contribution in [-0.2, 0) is 28.5 Å². The Morgan fingerprint density at radius 2 is 1.72 bits per heavy atom. The van der Waals surface area contributed by atoms with Crippen LogP contribution in [0.15, 0.2) is 0 Å². The fourth-order valence-electron chi connectivity index (χ4n) is 1.36. The Balaban J connectivity index is 1.52. The molecule has 0 N–H and O–H groups in total. The van der Waals surface area contributed by atoms with E-state index in [1.54, 1.807) is 6.92 Å². The van der Waals surface area contributed by atoms with Crippen molar-refractivity contribution in [1.29, 1.82) is 0 Å². The Hall–Kier alpha value is -1.14. The van der Waals surface area contributed by atoms with Gasteiger partial charge in [-0.3, -0.25) is 9.59 Å². The first kappa shape index (κ1) is 13.3. The maximum Gasteiger partial charge on any atom is 0.308 e. The third-order valence-electron chi connectivity index (χ3n) is 2.83. The standard InChI is InChI=1S/C12H18O6/c1-8(12(14)18-7-10-5-16-10)2-3-11(13)17-6-9-4-15-9/h8-10H,2-7H2,1H3. The molecule has 0 aromatic heterocycles. The van der Waals surface area contributed by atoms with E-state index in [9.17, 15) is 9.59 Å². The summed E-state index contributed by atoms with van der Waals surface area (Å²) in [7, 11) is 0. The second-order valence-electron chi connectivity index (χ2n) is 4.66. The SMILES string of the molecule is CC(CCC(=O)OCC1CO1)C(=O)OCC1CO1. The molecule has 6 heteroatoms. The number of ether oxygens (including phenoxy) is 4. The fourth-order valence-corrected chi connectivity index (χ4v) is 1.36. The summed E-state index contributed by atoms with van der Waals surface area (Å²) in [6.07, 6.45) is 0.817. The lowest BCUT2D eigenvalue weighted by Crippen LogP contribution is -2.19. The summed E-state index contributed by atoms with van der Waals surface area (Å²) >= 11 is 0. The molecule has 0 aromatic carbocycles. The molecule has 2 aliphatic rings. The minimum absolute atomic E-state index is 0.0738. The van der Waals surface area contributed by atoms with Gasteiger partial charge in [-0.05, 0) is 6.42 Å². The van der Waals surface area contributed by atoms with E-state index in [-0.39, 0.29) is 36.5 Å². The zero-order valence-electron chi connectivity index (χ0n) is 10.4. The first-order valence-electron chi connectivity index (χ1n) is 6.20. The Labute approximate surface area is 106 Å². The van der Waals surface area contributed by atoms with Crippen LogP contribution in [0.3, 0.4) is 0 Å². The van der Waals surface area contributed by atoms with Crippen LogP contribution in [0, 0.1) is 5.92 Å². The van der Waals surface area contributed by atoms with E-state index in [0.29, 0.717) is 32.8 Å². The van der Waals surface area contributed by atoms with Gasteiger partial charge in [-0.1, -0.05) is 6.92 Å². The van der Waals surface area contributed by atoms with Crippen molar-refractivity contribution in [3.8, 4) is 0 Å². The van der Waals surface area contributed by atoms with Crippen LogP contribution in [0.2, 0.25) is 0 Å². The van der Waals surface area contributed by atoms with Crippen LogP contribution >= 0.6 is 0 Å². The molecule has 18 heavy (non-hydrogen) atoms. The molecular weight excluding hydrogens is 240 g/mol. The maximum absolute atomic E-state index is 11.5. The third kappa shape index (κ3) is 5.01. The lowest BCUT2D eigenvalue weighted by Gasteiger charge is -2.10. The lowest BCUT2D eigenvalue weighted by atomic mass is 10.1. The summed E-state index contributed by atoms with van der Waals surface area (Å²) in [6, 6.07) is 0. The zero-order chi connectivity index (χ0) is 13.0. The first-order chi connectivity index (χ1) is 8.65. The highest BCUT2D eigenvalue weighted by Gasteiger charge is 2.26. The van der Waals surface area contributed by atoms with Crippen LogP contribution in [0.1, 0.15) is 19.8 Å². The van der Waals surface area contributed by atoms with E-state index in [1.165, 1.54) is 0 Å². The summed E-state index contributed by atoms with van der Waals surface area (Å²) < 4.78 is 19.9. The summed E-state index contributed by atoms with van der Waals surface area (Å²) in [4.78, 5) is 22.8. The smallest absolute Gasteiger partial charge is 0.308 e. The zero-order valence-corrected chi connectivity index (χ0v) is 10.4. The number of hydrogen-bond donors (Lipinski definition) is 0. The molecule has 3 atom stereocenters. The molecule has 3 unspecified atom stereocenters. The van der Waals surface area contributed by atoms with Crippen LogP contribution < -0.4 is 0 Å². The summed E-state index contributed by atoms with van der Waals surface area (Å²) in [5.74, 6) is -0.882. The van der Waals surface area contributed by atoms with E-state index in [4.69, 9.17) is 18.9 Å². The van der Waals surface area contributed by atoms with Crippen molar-refractivity contribution in [2.24, 2.45) is 5.92 Å². The largest absolute Gasteiger partial charge is 0.463 e.